The zero-order valence-electron chi connectivity index (χ0n) is 11.3. The fraction of sp³-hybridized carbons (Fsp3) is 0.462. The van der Waals surface area contributed by atoms with Crippen molar-refractivity contribution in [3.8, 4) is 5.75 Å². The highest BCUT2D eigenvalue weighted by Gasteiger charge is 2.63. The van der Waals surface area contributed by atoms with Crippen LogP contribution in [0.2, 0.25) is 0 Å². The summed E-state index contributed by atoms with van der Waals surface area (Å²) in [6, 6.07) is 5.62. The summed E-state index contributed by atoms with van der Waals surface area (Å²) in [5, 5.41) is 1.66. The number of alkyl halides is 5. The number of rotatable bonds is 5. The summed E-state index contributed by atoms with van der Waals surface area (Å²) < 4.78 is 66.5. The van der Waals surface area contributed by atoms with E-state index < -0.39 is 24.0 Å². The monoisotopic (exact) mass is 311 g/mol. The van der Waals surface area contributed by atoms with Gasteiger partial charge in [0.1, 0.15) is 5.75 Å². The van der Waals surface area contributed by atoms with Gasteiger partial charge in [-0.15, -0.1) is 0 Å². The Bertz CT molecular complexity index is 484. The number of carbonyl (C=O) groups excluding carboxylic acids is 1. The summed E-state index contributed by atoms with van der Waals surface area (Å²) in [5.41, 5.74) is 0.666. The number of halogens is 5. The molecule has 0 aliphatic rings. The maximum absolute atomic E-state index is 12.8. The van der Waals surface area contributed by atoms with Crippen molar-refractivity contribution >= 4 is 5.91 Å². The molecular weight excluding hydrogens is 297 g/mol. The van der Waals surface area contributed by atoms with Crippen molar-refractivity contribution in [1.29, 1.82) is 0 Å². The number of ether oxygens (including phenoxy) is 1. The minimum absolute atomic E-state index is 0.115. The predicted octanol–water partition coefficient (Wildman–Crippen LogP) is 2.94. The molecule has 0 aliphatic heterocycles. The largest absolute Gasteiger partial charge is 0.497 e. The highest BCUT2D eigenvalue weighted by atomic mass is 19.4. The topological polar surface area (TPSA) is 38.3 Å². The molecule has 0 saturated carbocycles. The van der Waals surface area contributed by atoms with E-state index in [1.807, 2.05) is 0 Å². The van der Waals surface area contributed by atoms with E-state index in [4.69, 9.17) is 4.74 Å². The van der Waals surface area contributed by atoms with Crippen LogP contribution in [0.4, 0.5) is 22.0 Å². The van der Waals surface area contributed by atoms with Gasteiger partial charge in [0.2, 0.25) is 0 Å². The third-order valence-corrected chi connectivity index (χ3v) is 2.72. The van der Waals surface area contributed by atoms with Gasteiger partial charge < -0.3 is 10.1 Å². The fourth-order valence-electron chi connectivity index (χ4n) is 1.61. The van der Waals surface area contributed by atoms with Crippen molar-refractivity contribution in [1.82, 2.24) is 5.32 Å². The van der Waals surface area contributed by atoms with Crippen LogP contribution in [0.15, 0.2) is 24.3 Å². The summed E-state index contributed by atoms with van der Waals surface area (Å²) in [6.07, 6.45) is -5.79. The SMILES string of the molecule is COc1ccc(CC(C)NC(=O)C(F)(F)C(F)(F)F)cc1. The van der Waals surface area contributed by atoms with Crippen LogP contribution in [0, 0.1) is 0 Å². The van der Waals surface area contributed by atoms with Crippen LogP contribution < -0.4 is 10.1 Å². The second-order valence-electron chi connectivity index (χ2n) is 4.50. The maximum atomic E-state index is 12.8. The maximum Gasteiger partial charge on any atom is 0.463 e. The van der Waals surface area contributed by atoms with Crippen molar-refractivity contribution in [3.05, 3.63) is 29.8 Å². The normalized spacial score (nSPS) is 13.7. The van der Waals surface area contributed by atoms with Crippen LogP contribution in [0.5, 0.6) is 5.75 Å². The molecule has 3 nitrogen and oxygen atoms in total. The number of methoxy groups -OCH3 is 1. The second kappa shape index (κ2) is 6.28. The van der Waals surface area contributed by atoms with Crippen LogP contribution in [0.3, 0.4) is 0 Å². The molecule has 0 heterocycles. The molecule has 0 aromatic heterocycles. The Labute approximate surface area is 118 Å². The molecule has 1 amide bonds. The van der Waals surface area contributed by atoms with Crippen LogP contribution in [0.25, 0.3) is 0 Å². The number of nitrogens with one attached hydrogen (secondary N) is 1. The molecule has 0 fully saturated rings. The Morgan fingerprint density at radius 3 is 2.14 bits per heavy atom. The zero-order valence-corrected chi connectivity index (χ0v) is 11.3. The van der Waals surface area contributed by atoms with Gasteiger partial charge >= 0.3 is 18.0 Å². The molecule has 0 radical (unpaired) electrons. The Hall–Kier alpha value is -1.86. The average molecular weight is 311 g/mol. The Balaban J connectivity index is 2.64. The van der Waals surface area contributed by atoms with E-state index in [2.05, 4.69) is 0 Å². The van der Waals surface area contributed by atoms with E-state index in [0.29, 0.717) is 11.3 Å². The van der Waals surface area contributed by atoms with Crippen LogP contribution in [-0.2, 0) is 11.2 Å². The highest BCUT2D eigenvalue weighted by molar-refractivity contribution is 5.84. The van der Waals surface area contributed by atoms with E-state index in [1.54, 1.807) is 29.6 Å². The van der Waals surface area contributed by atoms with E-state index >= 15 is 0 Å². The molecule has 1 atom stereocenters. The Kier molecular flexibility index (Phi) is 5.14. The van der Waals surface area contributed by atoms with Crippen molar-refractivity contribution in [2.24, 2.45) is 0 Å². The van der Waals surface area contributed by atoms with Gasteiger partial charge in [-0.05, 0) is 31.0 Å². The number of hydrogen-bond donors (Lipinski definition) is 1. The third kappa shape index (κ3) is 4.30. The lowest BCUT2D eigenvalue weighted by molar-refractivity contribution is -0.270. The van der Waals surface area contributed by atoms with E-state index in [0.717, 1.165) is 0 Å². The van der Waals surface area contributed by atoms with Crippen LogP contribution in [-0.4, -0.2) is 31.2 Å². The van der Waals surface area contributed by atoms with Crippen LogP contribution >= 0.6 is 0 Å². The molecule has 0 bridgehead atoms. The second-order valence-corrected chi connectivity index (χ2v) is 4.50. The molecule has 1 unspecified atom stereocenters. The minimum atomic E-state index is -5.91. The van der Waals surface area contributed by atoms with Gasteiger partial charge in [0, 0.05) is 6.04 Å². The molecular formula is C13H14F5NO2. The summed E-state index contributed by atoms with van der Waals surface area (Å²) >= 11 is 0. The number of carbonyl (C=O) groups is 1. The molecule has 1 N–H and O–H groups in total. The standard InChI is InChI=1S/C13H14F5NO2/c1-8(7-9-3-5-10(21-2)6-4-9)19-11(20)12(14,15)13(16,17)18/h3-6,8H,7H2,1-2H3,(H,19,20). The van der Waals surface area contributed by atoms with E-state index in [9.17, 15) is 26.7 Å². The molecule has 0 spiro atoms. The molecule has 0 aliphatic carbocycles. The van der Waals surface area contributed by atoms with Gasteiger partial charge in [-0.1, -0.05) is 12.1 Å². The third-order valence-electron chi connectivity index (χ3n) is 2.72. The summed E-state index contributed by atoms with van der Waals surface area (Å²) in [7, 11) is 1.47. The van der Waals surface area contributed by atoms with Gasteiger partial charge in [0.05, 0.1) is 7.11 Å². The molecule has 0 saturated heterocycles. The van der Waals surface area contributed by atoms with Crippen molar-refractivity contribution in [2.45, 2.75) is 31.5 Å². The first kappa shape index (κ1) is 17.2. The number of amides is 1. The Morgan fingerprint density at radius 1 is 1.19 bits per heavy atom. The first-order valence-corrected chi connectivity index (χ1v) is 5.96. The molecule has 21 heavy (non-hydrogen) atoms. The first-order chi connectivity index (χ1) is 9.57. The summed E-state index contributed by atoms with van der Waals surface area (Å²) in [4.78, 5) is 11.0. The van der Waals surface area contributed by atoms with E-state index in [-0.39, 0.29) is 6.42 Å². The molecule has 1 rings (SSSR count). The van der Waals surface area contributed by atoms with Crippen molar-refractivity contribution in [2.75, 3.05) is 7.11 Å². The lowest BCUT2D eigenvalue weighted by Gasteiger charge is -2.21. The fourth-order valence-corrected chi connectivity index (χ4v) is 1.61. The smallest absolute Gasteiger partial charge is 0.463 e. The van der Waals surface area contributed by atoms with E-state index in [1.165, 1.54) is 14.0 Å². The summed E-state index contributed by atoms with van der Waals surface area (Å²) in [5.74, 6) is -7.17. The van der Waals surface area contributed by atoms with Gasteiger partial charge in [-0.3, -0.25) is 4.79 Å². The summed E-state index contributed by atoms with van der Waals surface area (Å²) in [6.45, 7) is 1.34. The first-order valence-electron chi connectivity index (χ1n) is 5.96. The zero-order chi connectivity index (χ0) is 16.3. The molecule has 1 aromatic carbocycles. The van der Waals surface area contributed by atoms with Gasteiger partial charge in [-0.25, -0.2) is 0 Å². The number of benzene rings is 1. The Morgan fingerprint density at radius 2 is 1.71 bits per heavy atom. The lowest BCUT2D eigenvalue weighted by atomic mass is 10.1. The lowest BCUT2D eigenvalue weighted by Crippen LogP contribution is -2.52. The van der Waals surface area contributed by atoms with Crippen LogP contribution in [0.1, 0.15) is 12.5 Å². The quantitative estimate of drug-likeness (QED) is 0.849. The molecule has 1 aromatic rings. The minimum Gasteiger partial charge on any atom is -0.497 e. The van der Waals surface area contributed by atoms with Gasteiger partial charge in [0.25, 0.3) is 0 Å². The van der Waals surface area contributed by atoms with Crippen molar-refractivity contribution in [3.63, 3.8) is 0 Å². The molecule has 118 valence electrons. The average Bonchev–Trinajstić information content (AvgIpc) is 2.38. The highest BCUT2D eigenvalue weighted by Crippen LogP contribution is 2.35. The predicted molar refractivity (Wildman–Crippen MR) is 65.3 cm³/mol. The molecule has 8 heteroatoms. The van der Waals surface area contributed by atoms with Gasteiger partial charge in [0.15, 0.2) is 0 Å². The van der Waals surface area contributed by atoms with Crippen molar-refractivity contribution < 1.29 is 31.5 Å². The number of hydrogen-bond acceptors (Lipinski definition) is 2. The van der Waals surface area contributed by atoms with Gasteiger partial charge in [-0.2, -0.15) is 22.0 Å².